The molecule has 5 heteroatoms. The lowest BCUT2D eigenvalue weighted by atomic mass is 10.1. The maximum Gasteiger partial charge on any atom is 0.183 e. The number of benzene rings is 1. The number of anilines is 1. The van der Waals surface area contributed by atoms with Crippen molar-refractivity contribution in [3.8, 4) is 5.75 Å². The number of rotatable bonds is 8. The number of hydrogen-bond donors (Lipinski definition) is 2. The number of hydrogen-bond acceptors (Lipinski definition) is 4. The third-order valence-electron chi connectivity index (χ3n) is 4.43. The summed E-state index contributed by atoms with van der Waals surface area (Å²) in [7, 11) is 0. The first kappa shape index (κ1) is 17.5. The minimum atomic E-state index is 0.00280. The summed E-state index contributed by atoms with van der Waals surface area (Å²) in [5, 5.41) is 3.20. The molecule has 0 aliphatic carbocycles. The molecule has 134 valence electrons. The second-order valence-corrected chi connectivity index (χ2v) is 6.55. The average molecular weight is 341 g/mol. The molecule has 1 aliphatic rings. The van der Waals surface area contributed by atoms with Gasteiger partial charge in [-0.3, -0.25) is 9.69 Å². The fraction of sp³-hybridized carbons (Fsp3) is 0.450. The van der Waals surface area contributed by atoms with Crippen molar-refractivity contribution in [2.24, 2.45) is 0 Å². The molecule has 5 nitrogen and oxygen atoms in total. The van der Waals surface area contributed by atoms with Crippen LogP contribution in [0, 0.1) is 0 Å². The summed E-state index contributed by atoms with van der Waals surface area (Å²) in [6, 6.07) is 11.5. The van der Waals surface area contributed by atoms with Gasteiger partial charge in [-0.15, -0.1) is 0 Å². The number of H-pyrrole nitrogens is 1. The monoisotopic (exact) mass is 341 g/mol. The molecular formula is C20H27N3O2. The zero-order valence-electron chi connectivity index (χ0n) is 14.7. The van der Waals surface area contributed by atoms with Gasteiger partial charge in [-0.1, -0.05) is 18.6 Å². The van der Waals surface area contributed by atoms with E-state index in [1.807, 2.05) is 6.07 Å². The van der Waals surface area contributed by atoms with Crippen molar-refractivity contribution < 1.29 is 4.74 Å². The molecule has 25 heavy (non-hydrogen) atoms. The van der Waals surface area contributed by atoms with E-state index in [1.165, 1.54) is 44.0 Å². The zero-order valence-corrected chi connectivity index (χ0v) is 14.7. The lowest BCUT2D eigenvalue weighted by Gasteiger charge is -2.26. The van der Waals surface area contributed by atoms with Crippen LogP contribution in [0.5, 0.6) is 5.75 Å². The molecule has 1 aromatic heterocycles. The van der Waals surface area contributed by atoms with E-state index in [-0.39, 0.29) is 5.43 Å². The van der Waals surface area contributed by atoms with Crippen molar-refractivity contribution in [1.29, 1.82) is 0 Å². The molecule has 1 aromatic carbocycles. The Morgan fingerprint density at radius 1 is 1.12 bits per heavy atom. The van der Waals surface area contributed by atoms with E-state index in [0.29, 0.717) is 6.61 Å². The predicted octanol–water partition coefficient (Wildman–Crippen LogP) is 3.24. The Morgan fingerprint density at radius 3 is 2.84 bits per heavy atom. The normalized spacial score (nSPS) is 15.0. The average Bonchev–Trinajstić information content (AvgIpc) is 2.63. The molecule has 1 aliphatic heterocycles. The molecule has 0 atom stereocenters. The first-order valence-electron chi connectivity index (χ1n) is 9.16. The maximum atomic E-state index is 11.3. The third kappa shape index (κ3) is 5.94. The molecule has 0 spiro atoms. The van der Waals surface area contributed by atoms with Gasteiger partial charge in [-0.05, 0) is 50.0 Å². The Bertz CT molecular complexity index is 708. The molecule has 0 amide bonds. The highest BCUT2D eigenvalue weighted by Crippen LogP contribution is 2.17. The first-order valence-corrected chi connectivity index (χ1v) is 9.16. The molecule has 1 fully saturated rings. The molecule has 0 bridgehead atoms. The molecule has 1 saturated heterocycles. The number of ether oxygens (including phenoxy) is 1. The Balaban J connectivity index is 1.39. The van der Waals surface area contributed by atoms with Crippen LogP contribution >= 0.6 is 0 Å². The van der Waals surface area contributed by atoms with Crippen molar-refractivity contribution in [3.63, 3.8) is 0 Å². The standard InChI is InChI=1S/C20H27N3O2/c24-18-8-10-22-20(15-18)21-9-5-13-25-19-7-4-6-17(14-19)16-23-11-2-1-3-12-23/h4,6-8,10,14-15H,1-3,5,9,11-13,16H2,(H2,21,22,24). The fourth-order valence-corrected chi connectivity index (χ4v) is 3.14. The number of aromatic amines is 1. The SMILES string of the molecule is O=c1cc[nH]c(NCCCOc2cccc(CN3CCCCC3)c2)c1. The van der Waals surface area contributed by atoms with Crippen molar-refractivity contribution in [1.82, 2.24) is 9.88 Å². The molecule has 2 aromatic rings. The van der Waals surface area contributed by atoms with E-state index in [4.69, 9.17) is 4.74 Å². The summed E-state index contributed by atoms with van der Waals surface area (Å²) in [6.45, 7) is 4.83. The smallest absolute Gasteiger partial charge is 0.183 e. The van der Waals surface area contributed by atoms with Crippen LogP contribution in [-0.2, 0) is 6.54 Å². The first-order chi connectivity index (χ1) is 12.3. The van der Waals surface area contributed by atoms with E-state index >= 15 is 0 Å². The molecular weight excluding hydrogens is 314 g/mol. The van der Waals surface area contributed by atoms with Crippen molar-refractivity contribution in [2.75, 3.05) is 31.6 Å². The van der Waals surface area contributed by atoms with E-state index in [2.05, 4.69) is 33.4 Å². The van der Waals surface area contributed by atoms with Crippen LogP contribution in [0.3, 0.4) is 0 Å². The van der Waals surface area contributed by atoms with Crippen LogP contribution in [0.1, 0.15) is 31.2 Å². The Hall–Kier alpha value is -2.27. The molecule has 0 radical (unpaired) electrons. The van der Waals surface area contributed by atoms with Crippen LogP contribution in [0.15, 0.2) is 47.4 Å². The number of aromatic nitrogens is 1. The number of nitrogens with one attached hydrogen (secondary N) is 2. The lowest BCUT2D eigenvalue weighted by Crippen LogP contribution is -2.29. The van der Waals surface area contributed by atoms with Crippen LogP contribution in [0.25, 0.3) is 0 Å². The highest BCUT2D eigenvalue weighted by Gasteiger charge is 2.10. The highest BCUT2D eigenvalue weighted by molar-refractivity contribution is 5.33. The lowest BCUT2D eigenvalue weighted by molar-refractivity contribution is 0.220. The quantitative estimate of drug-likeness (QED) is 0.724. The highest BCUT2D eigenvalue weighted by atomic mass is 16.5. The van der Waals surface area contributed by atoms with Gasteiger partial charge < -0.3 is 15.0 Å². The van der Waals surface area contributed by atoms with Crippen molar-refractivity contribution in [2.45, 2.75) is 32.2 Å². The van der Waals surface area contributed by atoms with Gasteiger partial charge >= 0.3 is 0 Å². The topological polar surface area (TPSA) is 57.4 Å². The zero-order chi connectivity index (χ0) is 17.3. The maximum absolute atomic E-state index is 11.3. The van der Waals surface area contributed by atoms with E-state index in [0.717, 1.165) is 31.1 Å². The van der Waals surface area contributed by atoms with Crippen LogP contribution in [0.4, 0.5) is 5.82 Å². The second kappa shape index (κ2) is 9.28. The summed E-state index contributed by atoms with van der Waals surface area (Å²) in [5.41, 5.74) is 1.32. The van der Waals surface area contributed by atoms with E-state index in [1.54, 1.807) is 12.3 Å². The second-order valence-electron chi connectivity index (χ2n) is 6.55. The fourth-order valence-electron chi connectivity index (χ4n) is 3.14. The van der Waals surface area contributed by atoms with E-state index in [9.17, 15) is 4.79 Å². The largest absolute Gasteiger partial charge is 0.494 e. The minimum absolute atomic E-state index is 0.00280. The summed E-state index contributed by atoms with van der Waals surface area (Å²) in [5.74, 6) is 1.68. The summed E-state index contributed by atoms with van der Waals surface area (Å²) >= 11 is 0. The summed E-state index contributed by atoms with van der Waals surface area (Å²) in [4.78, 5) is 16.8. The minimum Gasteiger partial charge on any atom is -0.494 e. The van der Waals surface area contributed by atoms with Gasteiger partial charge in [0.15, 0.2) is 5.43 Å². The number of pyridine rings is 1. The molecule has 2 N–H and O–H groups in total. The Labute approximate surface area is 149 Å². The summed E-state index contributed by atoms with van der Waals surface area (Å²) < 4.78 is 5.87. The van der Waals surface area contributed by atoms with Crippen LogP contribution in [-0.4, -0.2) is 36.1 Å². The van der Waals surface area contributed by atoms with Crippen molar-refractivity contribution in [3.05, 3.63) is 58.4 Å². The van der Waals surface area contributed by atoms with Crippen LogP contribution < -0.4 is 15.5 Å². The van der Waals surface area contributed by atoms with Gasteiger partial charge in [0.25, 0.3) is 0 Å². The number of nitrogens with zero attached hydrogens (tertiary/aromatic N) is 1. The molecule has 0 unspecified atom stereocenters. The Morgan fingerprint density at radius 2 is 2.00 bits per heavy atom. The predicted molar refractivity (Wildman–Crippen MR) is 101 cm³/mol. The van der Waals surface area contributed by atoms with Crippen LogP contribution in [0.2, 0.25) is 0 Å². The van der Waals surface area contributed by atoms with Gasteiger partial charge in [0, 0.05) is 31.4 Å². The van der Waals surface area contributed by atoms with Gasteiger partial charge in [0.2, 0.25) is 0 Å². The van der Waals surface area contributed by atoms with Gasteiger partial charge in [-0.25, -0.2) is 0 Å². The molecule has 2 heterocycles. The van der Waals surface area contributed by atoms with Gasteiger partial charge in [0.1, 0.15) is 11.6 Å². The van der Waals surface area contributed by atoms with Gasteiger partial charge in [-0.2, -0.15) is 0 Å². The van der Waals surface area contributed by atoms with E-state index < -0.39 is 0 Å². The third-order valence-corrected chi connectivity index (χ3v) is 4.43. The molecule has 3 rings (SSSR count). The molecule has 0 saturated carbocycles. The number of piperidine rings is 1. The van der Waals surface area contributed by atoms with Gasteiger partial charge in [0.05, 0.1) is 6.61 Å². The summed E-state index contributed by atoms with van der Waals surface area (Å²) in [6.07, 6.45) is 6.51. The van der Waals surface area contributed by atoms with Crippen molar-refractivity contribution >= 4 is 5.82 Å². The Kier molecular flexibility index (Phi) is 6.51. The number of likely N-dealkylation sites (tertiary alicyclic amines) is 1.